The van der Waals surface area contributed by atoms with Gasteiger partial charge in [-0.25, -0.2) is 0 Å². The zero-order valence-electron chi connectivity index (χ0n) is 16.0. The first-order valence-corrected chi connectivity index (χ1v) is 9.90. The summed E-state index contributed by atoms with van der Waals surface area (Å²) in [5.74, 6) is 0.402. The maximum atomic E-state index is 12.8. The second kappa shape index (κ2) is 8.13. The van der Waals surface area contributed by atoms with Crippen molar-refractivity contribution in [1.29, 1.82) is 0 Å². The topological polar surface area (TPSA) is 58.6 Å². The average molecular weight is 409 g/mol. The van der Waals surface area contributed by atoms with E-state index in [1.165, 1.54) is 12.3 Å². The minimum atomic E-state index is -0.692. The van der Waals surface area contributed by atoms with Gasteiger partial charge in [-0.3, -0.25) is 9.59 Å². The van der Waals surface area contributed by atoms with E-state index in [0.717, 1.165) is 22.4 Å². The van der Waals surface area contributed by atoms with Crippen molar-refractivity contribution in [2.75, 3.05) is 18.1 Å². The van der Waals surface area contributed by atoms with Gasteiger partial charge >= 0.3 is 0 Å². The molecule has 0 aliphatic carbocycles. The lowest BCUT2D eigenvalue weighted by molar-refractivity contribution is -0.126. The van der Waals surface area contributed by atoms with Crippen LogP contribution < -0.4 is 15.0 Å². The van der Waals surface area contributed by atoms with Crippen molar-refractivity contribution < 1.29 is 14.3 Å². The van der Waals surface area contributed by atoms with Crippen LogP contribution in [-0.2, 0) is 9.59 Å². The highest BCUT2D eigenvalue weighted by atomic mass is 35.5. The Morgan fingerprint density at radius 3 is 2.69 bits per heavy atom. The van der Waals surface area contributed by atoms with E-state index in [9.17, 15) is 9.59 Å². The first-order valence-electron chi connectivity index (χ1n) is 9.52. The molecule has 1 atom stereocenters. The van der Waals surface area contributed by atoms with Gasteiger partial charge in [0.25, 0.3) is 5.91 Å². The Hall–Kier alpha value is -3.05. The number of anilines is 1. The van der Waals surface area contributed by atoms with Crippen molar-refractivity contribution in [3.8, 4) is 5.75 Å². The van der Waals surface area contributed by atoms with Crippen LogP contribution in [-0.4, -0.2) is 25.0 Å². The van der Waals surface area contributed by atoms with Crippen molar-refractivity contribution in [3.05, 3.63) is 71.2 Å². The third kappa shape index (κ3) is 4.05. The molecule has 5 nitrogen and oxygen atoms in total. The highest BCUT2D eigenvalue weighted by Crippen LogP contribution is 2.37. The number of rotatable bonds is 6. The number of fused-ring (bicyclic) bond motifs is 2. The molecule has 0 fully saturated rings. The molecule has 1 aliphatic heterocycles. The standard InChI is InChI=1S/C23H21ClN2O3/c1-15(27)25-22-20-14-18(24)8-10-21(20)26(23(22)28)11-4-12-29-19-9-7-16-5-2-3-6-17(16)13-19/h2-3,5-10,13-14,22H,4,11-12H2,1H3,(H,25,27). The molecule has 1 N–H and O–H groups in total. The largest absolute Gasteiger partial charge is 0.494 e. The minimum absolute atomic E-state index is 0.150. The molecule has 0 saturated heterocycles. The van der Waals surface area contributed by atoms with E-state index in [-0.39, 0.29) is 11.8 Å². The monoisotopic (exact) mass is 408 g/mol. The van der Waals surface area contributed by atoms with E-state index >= 15 is 0 Å². The fourth-order valence-corrected chi connectivity index (χ4v) is 3.83. The molecule has 29 heavy (non-hydrogen) atoms. The van der Waals surface area contributed by atoms with Crippen molar-refractivity contribution in [2.24, 2.45) is 0 Å². The second-order valence-corrected chi connectivity index (χ2v) is 7.47. The molecular formula is C23H21ClN2O3. The molecule has 3 aromatic rings. The van der Waals surface area contributed by atoms with Crippen molar-refractivity contribution in [2.45, 2.75) is 19.4 Å². The van der Waals surface area contributed by atoms with E-state index in [1.807, 2.05) is 36.4 Å². The summed E-state index contributed by atoms with van der Waals surface area (Å²) >= 11 is 6.09. The summed E-state index contributed by atoms with van der Waals surface area (Å²) in [4.78, 5) is 26.1. The number of carbonyl (C=O) groups excluding carboxylic acids is 2. The number of benzene rings is 3. The van der Waals surface area contributed by atoms with Crippen molar-refractivity contribution in [1.82, 2.24) is 5.32 Å². The Labute approximate surface area is 174 Å². The van der Waals surface area contributed by atoms with Crippen LogP contribution >= 0.6 is 11.6 Å². The molecule has 4 rings (SSSR count). The maximum Gasteiger partial charge on any atom is 0.254 e. The predicted octanol–water partition coefficient (Wildman–Crippen LogP) is 4.49. The highest BCUT2D eigenvalue weighted by molar-refractivity contribution is 6.31. The fourth-order valence-electron chi connectivity index (χ4n) is 3.65. The summed E-state index contributed by atoms with van der Waals surface area (Å²) in [5.41, 5.74) is 1.51. The van der Waals surface area contributed by atoms with Crippen LogP contribution in [0, 0.1) is 0 Å². The molecule has 6 heteroatoms. The van der Waals surface area contributed by atoms with Crippen LogP contribution in [0.4, 0.5) is 5.69 Å². The van der Waals surface area contributed by atoms with E-state index < -0.39 is 6.04 Å². The van der Waals surface area contributed by atoms with Gasteiger partial charge in [0, 0.05) is 29.7 Å². The van der Waals surface area contributed by atoms with Gasteiger partial charge in [-0.1, -0.05) is 41.9 Å². The molecule has 3 aromatic carbocycles. The number of ether oxygens (including phenoxy) is 1. The number of amides is 2. The number of hydrogen-bond donors (Lipinski definition) is 1. The smallest absolute Gasteiger partial charge is 0.254 e. The lowest BCUT2D eigenvalue weighted by atomic mass is 10.1. The van der Waals surface area contributed by atoms with E-state index in [2.05, 4.69) is 17.4 Å². The molecule has 2 amide bonds. The Morgan fingerprint density at radius 1 is 1.10 bits per heavy atom. The van der Waals surface area contributed by atoms with Gasteiger partial charge in [-0.15, -0.1) is 0 Å². The Kier molecular flexibility index (Phi) is 5.41. The van der Waals surface area contributed by atoms with Crippen LogP contribution in [0.25, 0.3) is 10.8 Å². The molecule has 1 heterocycles. The number of halogens is 1. The number of carbonyl (C=O) groups is 2. The van der Waals surface area contributed by atoms with Crippen LogP contribution in [0.15, 0.2) is 60.7 Å². The lowest BCUT2D eigenvalue weighted by Crippen LogP contribution is -2.37. The first kappa shape index (κ1) is 19.3. The summed E-state index contributed by atoms with van der Waals surface area (Å²) in [6.07, 6.45) is 0.660. The van der Waals surface area contributed by atoms with Crippen LogP contribution in [0.3, 0.4) is 0 Å². The Balaban J connectivity index is 1.41. The second-order valence-electron chi connectivity index (χ2n) is 7.04. The molecular weight excluding hydrogens is 388 g/mol. The zero-order chi connectivity index (χ0) is 20.4. The maximum absolute atomic E-state index is 12.8. The van der Waals surface area contributed by atoms with E-state index in [0.29, 0.717) is 24.6 Å². The minimum Gasteiger partial charge on any atom is -0.494 e. The molecule has 0 aromatic heterocycles. The summed E-state index contributed by atoms with van der Waals surface area (Å²) < 4.78 is 5.88. The predicted molar refractivity (Wildman–Crippen MR) is 114 cm³/mol. The molecule has 0 saturated carbocycles. The first-order chi connectivity index (χ1) is 14.0. The molecule has 0 bridgehead atoms. The quantitative estimate of drug-likeness (QED) is 0.611. The van der Waals surface area contributed by atoms with Gasteiger partial charge in [0.1, 0.15) is 11.8 Å². The van der Waals surface area contributed by atoms with Crippen LogP contribution in [0.5, 0.6) is 5.75 Å². The Bertz CT molecular complexity index is 1080. The summed E-state index contributed by atoms with van der Waals surface area (Å²) in [5, 5.41) is 5.55. The summed E-state index contributed by atoms with van der Waals surface area (Å²) in [6.45, 7) is 2.38. The fraction of sp³-hybridized carbons (Fsp3) is 0.217. The molecule has 148 valence electrons. The third-order valence-electron chi connectivity index (χ3n) is 4.97. The molecule has 0 spiro atoms. The SMILES string of the molecule is CC(=O)NC1C(=O)N(CCCOc2ccc3ccccc3c2)c2ccc(Cl)cc21. The number of nitrogens with zero attached hydrogens (tertiary/aromatic N) is 1. The van der Waals surface area contributed by atoms with Crippen molar-refractivity contribution in [3.63, 3.8) is 0 Å². The summed E-state index contributed by atoms with van der Waals surface area (Å²) in [7, 11) is 0. The highest BCUT2D eigenvalue weighted by Gasteiger charge is 2.37. The summed E-state index contributed by atoms with van der Waals surface area (Å²) in [6, 6.07) is 18.7. The van der Waals surface area contributed by atoms with Gasteiger partial charge in [0.05, 0.1) is 6.61 Å². The molecule has 1 aliphatic rings. The number of nitrogens with one attached hydrogen (secondary N) is 1. The molecule has 0 radical (unpaired) electrons. The van der Waals surface area contributed by atoms with Gasteiger partial charge < -0.3 is 15.0 Å². The van der Waals surface area contributed by atoms with Gasteiger partial charge in [0.2, 0.25) is 5.91 Å². The Morgan fingerprint density at radius 2 is 1.90 bits per heavy atom. The molecule has 1 unspecified atom stereocenters. The normalized spacial score (nSPS) is 15.4. The van der Waals surface area contributed by atoms with Crippen LogP contribution in [0.1, 0.15) is 24.9 Å². The van der Waals surface area contributed by atoms with Gasteiger partial charge in [-0.05, 0) is 47.5 Å². The van der Waals surface area contributed by atoms with Crippen molar-refractivity contribution >= 4 is 39.9 Å². The van der Waals surface area contributed by atoms with E-state index in [4.69, 9.17) is 16.3 Å². The van der Waals surface area contributed by atoms with Gasteiger partial charge in [-0.2, -0.15) is 0 Å². The van der Waals surface area contributed by atoms with Crippen LogP contribution in [0.2, 0.25) is 5.02 Å². The van der Waals surface area contributed by atoms with Gasteiger partial charge in [0.15, 0.2) is 0 Å². The third-order valence-corrected chi connectivity index (χ3v) is 5.20. The number of hydrogen-bond acceptors (Lipinski definition) is 3. The lowest BCUT2D eigenvalue weighted by Gasteiger charge is -2.18. The zero-order valence-corrected chi connectivity index (χ0v) is 16.8. The average Bonchev–Trinajstić information content (AvgIpc) is 2.95. The van der Waals surface area contributed by atoms with E-state index in [1.54, 1.807) is 17.0 Å².